The molecule has 0 radical (unpaired) electrons. The third-order valence-corrected chi connectivity index (χ3v) is 5.57. The predicted molar refractivity (Wildman–Crippen MR) is 114 cm³/mol. The molecule has 0 fully saturated rings. The first kappa shape index (κ1) is 22.8. The third-order valence-electron chi connectivity index (χ3n) is 4.85. The fraction of sp³-hybridized carbons (Fsp3) is 0.273. The van der Waals surface area contributed by atoms with Gasteiger partial charge in [-0.25, -0.2) is 4.79 Å². The third kappa shape index (κ3) is 4.43. The number of carbonyl (C=O) groups excluding carboxylic acids is 4. The Morgan fingerprint density at radius 2 is 1.58 bits per heavy atom. The number of hydrogen-bond donors (Lipinski definition) is 0. The van der Waals surface area contributed by atoms with E-state index in [1.165, 1.54) is 25.3 Å². The van der Waals surface area contributed by atoms with E-state index in [0.717, 1.165) is 4.90 Å². The van der Waals surface area contributed by atoms with Gasteiger partial charge in [-0.15, -0.1) is 0 Å². The number of ketones is 1. The first-order valence-corrected chi connectivity index (χ1v) is 10.1. The number of rotatable bonds is 7. The van der Waals surface area contributed by atoms with E-state index < -0.39 is 42.1 Å². The van der Waals surface area contributed by atoms with Crippen molar-refractivity contribution in [3.8, 4) is 5.75 Å². The van der Waals surface area contributed by atoms with Gasteiger partial charge in [0.2, 0.25) is 0 Å². The Morgan fingerprint density at radius 1 is 1.00 bits per heavy atom. The number of benzene rings is 2. The average molecular weight is 464 g/mol. The summed E-state index contributed by atoms with van der Waals surface area (Å²) < 4.78 is 10.3. The molecule has 0 aliphatic carbocycles. The second-order valence-corrected chi connectivity index (χ2v) is 8.06. The molecule has 1 heterocycles. The summed E-state index contributed by atoms with van der Waals surface area (Å²) in [6.45, 7) is 2.79. The number of fused-ring (bicyclic) bond motifs is 1. The first-order chi connectivity index (χ1) is 14.6. The molecule has 7 nitrogen and oxygen atoms in total. The maximum Gasteiger partial charge on any atom is 0.330 e. The predicted octanol–water partition coefficient (Wildman–Crippen LogP) is 4.05. The van der Waals surface area contributed by atoms with Crippen LogP contribution in [0, 0.1) is 5.92 Å². The normalized spacial score (nSPS) is 13.9. The van der Waals surface area contributed by atoms with Crippen molar-refractivity contribution in [2.24, 2.45) is 5.92 Å². The summed E-state index contributed by atoms with van der Waals surface area (Å²) in [5.74, 6) is -2.64. The minimum Gasteiger partial charge on any atom is -0.497 e. The molecule has 2 aromatic carbocycles. The monoisotopic (exact) mass is 463 g/mol. The van der Waals surface area contributed by atoms with E-state index in [9.17, 15) is 19.2 Å². The molecule has 0 bridgehead atoms. The lowest BCUT2D eigenvalue weighted by Gasteiger charge is -2.27. The van der Waals surface area contributed by atoms with Crippen LogP contribution in [0.1, 0.15) is 44.9 Å². The number of hydrogen-bond acceptors (Lipinski definition) is 6. The number of nitrogens with zero attached hydrogens (tertiary/aromatic N) is 1. The molecule has 0 N–H and O–H groups in total. The van der Waals surface area contributed by atoms with Gasteiger partial charge in [-0.2, -0.15) is 0 Å². The van der Waals surface area contributed by atoms with E-state index in [4.69, 9.17) is 32.7 Å². The molecule has 2 amide bonds. The van der Waals surface area contributed by atoms with Crippen molar-refractivity contribution < 1.29 is 28.7 Å². The Bertz CT molecular complexity index is 1040. The van der Waals surface area contributed by atoms with Crippen LogP contribution in [0.15, 0.2) is 36.4 Å². The van der Waals surface area contributed by atoms with E-state index >= 15 is 0 Å². The van der Waals surface area contributed by atoms with Gasteiger partial charge in [0, 0.05) is 5.56 Å². The molecular formula is C22H19Cl2NO6. The minimum atomic E-state index is -1.22. The highest BCUT2D eigenvalue weighted by Gasteiger charge is 2.45. The van der Waals surface area contributed by atoms with Crippen molar-refractivity contribution in [1.82, 2.24) is 4.90 Å². The molecule has 0 saturated heterocycles. The number of halogens is 2. The Morgan fingerprint density at radius 3 is 2.10 bits per heavy atom. The summed E-state index contributed by atoms with van der Waals surface area (Å²) in [4.78, 5) is 51.8. The lowest BCUT2D eigenvalue weighted by molar-refractivity contribution is -0.148. The maximum atomic E-state index is 12.9. The fourth-order valence-corrected chi connectivity index (χ4v) is 3.61. The van der Waals surface area contributed by atoms with Crippen molar-refractivity contribution in [2.75, 3.05) is 13.7 Å². The average Bonchev–Trinajstić information content (AvgIpc) is 2.97. The van der Waals surface area contributed by atoms with Crippen molar-refractivity contribution in [3.05, 3.63) is 63.1 Å². The van der Waals surface area contributed by atoms with Gasteiger partial charge in [0.1, 0.15) is 11.8 Å². The van der Waals surface area contributed by atoms with E-state index in [2.05, 4.69) is 0 Å². The van der Waals surface area contributed by atoms with Gasteiger partial charge in [-0.3, -0.25) is 19.3 Å². The Kier molecular flexibility index (Phi) is 6.67. The summed E-state index contributed by atoms with van der Waals surface area (Å²) in [7, 11) is 1.47. The highest BCUT2D eigenvalue weighted by atomic mass is 35.5. The Hall–Kier alpha value is -2.90. The zero-order valence-corrected chi connectivity index (χ0v) is 18.5. The summed E-state index contributed by atoms with van der Waals surface area (Å²) in [5.41, 5.74) is 0.425. The SMILES string of the molecule is COc1cccc(C(=O)COC(=O)C(C(C)C)N2C(=O)c3cc(Cl)c(Cl)cc3C2=O)c1. The van der Waals surface area contributed by atoms with Gasteiger partial charge in [-0.05, 0) is 30.2 Å². The lowest BCUT2D eigenvalue weighted by Crippen LogP contribution is -2.49. The molecule has 1 atom stereocenters. The van der Waals surface area contributed by atoms with Gasteiger partial charge < -0.3 is 9.47 Å². The van der Waals surface area contributed by atoms with E-state index in [-0.39, 0.29) is 21.2 Å². The molecule has 3 rings (SSSR count). The van der Waals surface area contributed by atoms with Gasteiger partial charge in [0.15, 0.2) is 12.4 Å². The van der Waals surface area contributed by atoms with Crippen LogP contribution < -0.4 is 4.74 Å². The second kappa shape index (κ2) is 9.08. The van der Waals surface area contributed by atoms with Crippen molar-refractivity contribution >= 4 is 46.8 Å². The zero-order chi connectivity index (χ0) is 22.9. The number of carbonyl (C=O) groups is 4. The Labute approximate surface area is 188 Å². The second-order valence-electron chi connectivity index (χ2n) is 7.24. The van der Waals surface area contributed by atoms with Gasteiger partial charge in [0.05, 0.1) is 28.3 Å². The maximum absolute atomic E-state index is 12.9. The number of methoxy groups -OCH3 is 1. The summed E-state index contributed by atoms with van der Waals surface area (Å²) in [6.07, 6.45) is 0. The van der Waals surface area contributed by atoms with Crippen LogP contribution in [-0.2, 0) is 9.53 Å². The van der Waals surface area contributed by atoms with Crippen molar-refractivity contribution in [1.29, 1.82) is 0 Å². The smallest absolute Gasteiger partial charge is 0.330 e. The van der Waals surface area contributed by atoms with Crippen LogP contribution in [0.3, 0.4) is 0 Å². The van der Waals surface area contributed by atoms with Crippen LogP contribution >= 0.6 is 23.2 Å². The molecule has 0 aromatic heterocycles. The molecule has 31 heavy (non-hydrogen) atoms. The molecule has 1 unspecified atom stereocenters. The van der Waals surface area contributed by atoms with Gasteiger partial charge >= 0.3 is 5.97 Å². The lowest BCUT2D eigenvalue weighted by atomic mass is 10.0. The topological polar surface area (TPSA) is 90.0 Å². The highest BCUT2D eigenvalue weighted by Crippen LogP contribution is 2.33. The van der Waals surface area contributed by atoms with Gasteiger partial charge in [-0.1, -0.05) is 49.2 Å². The minimum absolute atomic E-state index is 0.0605. The molecular weight excluding hydrogens is 445 g/mol. The number of amides is 2. The molecule has 1 aliphatic rings. The van der Waals surface area contributed by atoms with Gasteiger partial charge in [0.25, 0.3) is 11.8 Å². The number of ether oxygens (including phenoxy) is 2. The number of esters is 1. The molecule has 2 aromatic rings. The standard InChI is InChI=1S/C22H19Cl2NO6/c1-11(2)19(22(29)31-10-18(26)12-5-4-6-13(7-12)30-3)25-20(27)14-8-16(23)17(24)9-15(14)21(25)28/h4-9,11,19H,10H2,1-3H3. The van der Waals surface area contributed by atoms with Crippen LogP contribution in [0.5, 0.6) is 5.75 Å². The molecule has 1 aliphatic heterocycles. The number of imide groups is 1. The Balaban J connectivity index is 1.79. The molecule has 9 heteroatoms. The largest absolute Gasteiger partial charge is 0.497 e. The van der Waals surface area contributed by atoms with Crippen molar-refractivity contribution in [3.63, 3.8) is 0 Å². The van der Waals surface area contributed by atoms with Crippen molar-refractivity contribution in [2.45, 2.75) is 19.9 Å². The summed E-state index contributed by atoms with van der Waals surface area (Å²) in [6, 6.07) is 7.79. The summed E-state index contributed by atoms with van der Waals surface area (Å²) in [5, 5.41) is 0.243. The zero-order valence-electron chi connectivity index (χ0n) is 17.0. The number of Topliss-reactive ketones (excluding diaryl/α,β-unsaturated/α-hetero) is 1. The van der Waals surface area contributed by atoms with Crippen LogP contribution in [0.25, 0.3) is 0 Å². The molecule has 162 valence electrons. The molecule has 0 saturated carbocycles. The van der Waals surface area contributed by atoms with E-state index in [1.54, 1.807) is 32.0 Å². The van der Waals surface area contributed by atoms with E-state index in [1.807, 2.05) is 0 Å². The van der Waals surface area contributed by atoms with Crippen LogP contribution in [0.2, 0.25) is 10.0 Å². The quantitative estimate of drug-likeness (QED) is 0.349. The van der Waals surface area contributed by atoms with Crippen LogP contribution in [-0.4, -0.2) is 48.2 Å². The fourth-order valence-electron chi connectivity index (χ4n) is 3.28. The molecule has 0 spiro atoms. The first-order valence-electron chi connectivity index (χ1n) is 9.36. The van der Waals surface area contributed by atoms with E-state index in [0.29, 0.717) is 11.3 Å². The van der Waals surface area contributed by atoms with Crippen LogP contribution in [0.4, 0.5) is 0 Å². The highest BCUT2D eigenvalue weighted by molar-refractivity contribution is 6.43. The summed E-state index contributed by atoms with van der Waals surface area (Å²) >= 11 is 11.9.